The molecule has 0 saturated carbocycles. The molecule has 0 amide bonds. The first kappa shape index (κ1) is 18.4. The van der Waals surface area contributed by atoms with Crippen LogP contribution >= 0.6 is 0 Å². The Labute approximate surface area is 184 Å². The topological polar surface area (TPSA) is 72.4 Å². The fourth-order valence-electron chi connectivity index (χ4n) is 4.27. The molecule has 4 N–H and O–H groups in total. The van der Waals surface area contributed by atoms with Crippen LogP contribution in [0.25, 0.3) is 35.4 Å². The highest BCUT2D eigenvalue weighted by atomic mass is 16.5. The standard InChI is InChI=1S/C27H22N4O/c1-32-27-25-16-23-12-10-21(30-23)14-19-8-7-18(28-19)13-20-9-11-22(29-20)15-24(31-25)26(27)17-5-3-2-4-6-17/h2-16,28-31H,1H3. The van der Waals surface area contributed by atoms with Gasteiger partial charge in [0.2, 0.25) is 0 Å². The number of ether oxygens (including phenoxy) is 1. The van der Waals surface area contributed by atoms with Crippen molar-refractivity contribution < 1.29 is 4.74 Å². The van der Waals surface area contributed by atoms with Crippen molar-refractivity contribution >= 4 is 24.3 Å². The lowest BCUT2D eigenvalue weighted by atomic mass is 10.1. The van der Waals surface area contributed by atoms with Crippen LogP contribution in [0.1, 0.15) is 22.8 Å². The molecule has 1 aliphatic heterocycles. The van der Waals surface area contributed by atoms with E-state index in [0.29, 0.717) is 0 Å². The zero-order chi connectivity index (χ0) is 21.5. The predicted octanol–water partition coefficient (Wildman–Crippen LogP) is 2.30. The Bertz CT molecular complexity index is 1660. The molecule has 5 heterocycles. The van der Waals surface area contributed by atoms with Gasteiger partial charge in [-0.25, -0.2) is 0 Å². The number of aromatic amines is 4. The van der Waals surface area contributed by atoms with Gasteiger partial charge in [-0.15, -0.1) is 0 Å². The van der Waals surface area contributed by atoms with E-state index in [1.807, 2.05) is 18.2 Å². The summed E-state index contributed by atoms with van der Waals surface area (Å²) in [6.07, 6.45) is 8.41. The van der Waals surface area contributed by atoms with Crippen LogP contribution in [-0.4, -0.2) is 27.0 Å². The normalized spacial score (nSPS) is 12.3. The summed E-state index contributed by atoms with van der Waals surface area (Å²) in [6.45, 7) is 0. The molecule has 4 aromatic heterocycles. The van der Waals surface area contributed by atoms with Crippen molar-refractivity contribution in [2.24, 2.45) is 0 Å². The minimum Gasteiger partial charge on any atom is -0.494 e. The fourth-order valence-corrected chi connectivity index (χ4v) is 4.27. The van der Waals surface area contributed by atoms with Gasteiger partial charge in [0.15, 0.2) is 5.75 Å². The molecule has 0 spiro atoms. The van der Waals surface area contributed by atoms with E-state index in [-0.39, 0.29) is 0 Å². The molecule has 6 rings (SSSR count). The minimum absolute atomic E-state index is 0.818. The fraction of sp³-hybridized carbons (Fsp3) is 0.0370. The molecule has 5 nitrogen and oxygen atoms in total. The van der Waals surface area contributed by atoms with Crippen LogP contribution < -0.4 is 26.1 Å². The number of hydrogen-bond donors (Lipinski definition) is 4. The van der Waals surface area contributed by atoms with E-state index in [4.69, 9.17) is 4.74 Å². The van der Waals surface area contributed by atoms with Crippen LogP contribution in [0.5, 0.6) is 5.75 Å². The van der Waals surface area contributed by atoms with E-state index in [0.717, 1.165) is 61.0 Å². The molecule has 32 heavy (non-hydrogen) atoms. The van der Waals surface area contributed by atoms with Crippen LogP contribution in [0.15, 0.2) is 66.7 Å². The molecule has 1 aliphatic rings. The number of fused-ring (bicyclic) bond motifs is 8. The van der Waals surface area contributed by atoms with Crippen LogP contribution in [0.2, 0.25) is 0 Å². The molecule has 0 atom stereocenters. The maximum atomic E-state index is 5.91. The van der Waals surface area contributed by atoms with Gasteiger partial charge >= 0.3 is 0 Å². The molecule has 0 fully saturated rings. The van der Waals surface area contributed by atoms with E-state index in [1.165, 1.54) is 0 Å². The highest BCUT2D eigenvalue weighted by Gasteiger charge is 2.13. The van der Waals surface area contributed by atoms with E-state index in [1.54, 1.807) is 7.11 Å². The van der Waals surface area contributed by atoms with Gasteiger partial charge in [-0.05, 0) is 66.3 Å². The summed E-state index contributed by atoms with van der Waals surface area (Å²) in [6, 6.07) is 22.8. The van der Waals surface area contributed by atoms with Gasteiger partial charge in [0.1, 0.15) is 0 Å². The molecule has 1 aromatic carbocycles. The lowest BCUT2D eigenvalue weighted by Gasteiger charge is -2.03. The lowest BCUT2D eigenvalue weighted by Crippen LogP contribution is -2.12. The Kier molecular flexibility index (Phi) is 4.25. The second-order valence-corrected chi connectivity index (χ2v) is 7.91. The van der Waals surface area contributed by atoms with Crippen molar-refractivity contribution in [1.29, 1.82) is 0 Å². The zero-order valence-corrected chi connectivity index (χ0v) is 17.6. The number of aromatic nitrogens is 4. The molecule has 0 saturated heterocycles. The first-order chi connectivity index (χ1) is 15.7. The third-order valence-electron chi connectivity index (χ3n) is 5.69. The van der Waals surface area contributed by atoms with Crippen LogP contribution in [0.4, 0.5) is 0 Å². The number of rotatable bonds is 2. The summed E-state index contributed by atoms with van der Waals surface area (Å²) in [5.74, 6) is 0.818. The van der Waals surface area contributed by atoms with Crippen molar-refractivity contribution in [3.8, 4) is 16.9 Å². The van der Waals surface area contributed by atoms with Crippen LogP contribution in [0.3, 0.4) is 0 Å². The Morgan fingerprint density at radius 3 is 1.69 bits per heavy atom. The smallest absolute Gasteiger partial charge is 0.152 e. The summed E-state index contributed by atoms with van der Waals surface area (Å²) in [4.78, 5) is 14.0. The van der Waals surface area contributed by atoms with Crippen molar-refractivity contribution in [3.05, 3.63) is 111 Å². The molecule has 0 aliphatic carbocycles. The molecular formula is C27H22N4O. The van der Waals surface area contributed by atoms with E-state index >= 15 is 0 Å². The SMILES string of the molecule is COc1c(-c2ccccc2)c2[nH]c1=Cc1ccc([nH]1)C=c1ccc([nH]1)=Cc1ccc([nH]1)C=2. The Balaban J connectivity index is 1.69. The third-order valence-corrected chi connectivity index (χ3v) is 5.69. The molecule has 5 aromatic rings. The average Bonchev–Trinajstić information content (AvgIpc) is 3.58. The third kappa shape index (κ3) is 3.30. The van der Waals surface area contributed by atoms with Gasteiger partial charge in [-0.2, -0.15) is 0 Å². The highest BCUT2D eigenvalue weighted by Crippen LogP contribution is 2.23. The van der Waals surface area contributed by atoms with Crippen molar-refractivity contribution in [1.82, 2.24) is 19.9 Å². The number of nitrogens with one attached hydrogen (secondary N) is 4. The summed E-state index contributed by atoms with van der Waals surface area (Å²) < 4.78 is 5.91. The summed E-state index contributed by atoms with van der Waals surface area (Å²) >= 11 is 0. The highest BCUT2D eigenvalue weighted by molar-refractivity contribution is 5.74. The Hall–Kier alpha value is -4.38. The predicted molar refractivity (Wildman–Crippen MR) is 128 cm³/mol. The van der Waals surface area contributed by atoms with Gasteiger partial charge < -0.3 is 24.7 Å². The van der Waals surface area contributed by atoms with Crippen molar-refractivity contribution in [2.75, 3.05) is 7.11 Å². The quantitative estimate of drug-likeness (QED) is 0.342. The summed E-state index contributed by atoms with van der Waals surface area (Å²) in [5.41, 5.74) is 6.20. The monoisotopic (exact) mass is 418 g/mol. The first-order valence-electron chi connectivity index (χ1n) is 10.6. The average molecular weight is 419 g/mol. The summed E-state index contributed by atoms with van der Waals surface area (Å²) in [7, 11) is 1.72. The van der Waals surface area contributed by atoms with Crippen molar-refractivity contribution in [2.45, 2.75) is 0 Å². The maximum absolute atomic E-state index is 5.91. The number of hydrogen-bond acceptors (Lipinski definition) is 1. The van der Waals surface area contributed by atoms with E-state index in [2.05, 4.69) is 92.8 Å². The van der Waals surface area contributed by atoms with Crippen LogP contribution in [-0.2, 0) is 0 Å². The molecule has 5 heteroatoms. The zero-order valence-electron chi connectivity index (χ0n) is 17.6. The van der Waals surface area contributed by atoms with Gasteiger partial charge in [0.05, 0.1) is 17.8 Å². The van der Waals surface area contributed by atoms with Crippen molar-refractivity contribution in [3.63, 3.8) is 0 Å². The van der Waals surface area contributed by atoms with E-state index < -0.39 is 0 Å². The Morgan fingerprint density at radius 2 is 1.09 bits per heavy atom. The second kappa shape index (κ2) is 7.39. The second-order valence-electron chi connectivity index (χ2n) is 7.91. The van der Waals surface area contributed by atoms with Gasteiger partial charge in [-0.1, -0.05) is 30.3 Å². The minimum atomic E-state index is 0.818. The number of H-pyrrole nitrogens is 4. The van der Waals surface area contributed by atoms with Gasteiger partial charge in [0.25, 0.3) is 0 Å². The number of methoxy groups -OCH3 is 1. The molecular weight excluding hydrogens is 396 g/mol. The first-order valence-corrected chi connectivity index (χ1v) is 10.6. The molecule has 8 bridgehead atoms. The Morgan fingerprint density at radius 1 is 0.531 bits per heavy atom. The molecule has 0 unspecified atom stereocenters. The maximum Gasteiger partial charge on any atom is 0.152 e. The molecule has 156 valence electrons. The lowest BCUT2D eigenvalue weighted by molar-refractivity contribution is 0.413. The summed E-state index contributed by atoms with van der Waals surface area (Å²) in [5, 5.41) is 3.99. The van der Waals surface area contributed by atoms with E-state index in [9.17, 15) is 0 Å². The van der Waals surface area contributed by atoms with Crippen LogP contribution in [0, 0.1) is 0 Å². The van der Waals surface area contributed by atoms with Gasteiger partial charge in [-0.3, -0.25) is 0 Å². The van der Waals surface area contributed by atoms with Gasteiger partial charge in [0, 0.05) is 39.0 Å². The molecule has 0 radical (unpaired) electrons. The largest absolute Gasteiger partial charge is 0.494 e. The number of benzene rings is 1.